The zero-order chi connectivity index (χ0) is 13.3. The van der Waals surface area contributed by atoms with Crippen molar-refractivity contribution in [1.82, 2.24) is 14.7 Å². The van der Waals surface area contributed by atoms with Crippen molar-refractivity contribution in [1.29, 1.82) is 0 Å². The summed E-state index contributed by atoms with van der Waals surface area (Å²) in [6.45, 7) is 0.894. The first-order chi connectivity index (χ1) is 8.33. The molecule has 1 amide bonds. The number of amides is 1. The Bertz CT molecular complexity index is 554. The van der Waals surface area contributed by atoms with Gasteiger partial charge in [-0.1, -0.05) is 0 Å². The fourth-order valence-electron chi connectivity index (χ4n) is 2.17. The van der Waals surface area contributed by atoms with Crippen molar-refractivity contribution in [2.24, 2.45) is 13.0 Å². The third-order valence-electron chi connectivity index (χ3n) is 2.86. The topological polar surface area (TPSA) is 72.3 Å². The van der Waals surface area contributed by atoms with Gasteiger partial charge in [-0.2, -0.15) is 5.10 Å². The van der Waals surface area contributed by atoms with E-state index in [-0.39, 0.29) is 24.0 Å². The van der Waals surface area contributed by atoms with Gasteiger partial charge in [-0.15, -0.1) is 0 Å². The zero-order valence-electron chi connectivity index (χ0n) is 9.91. The molecule has 0 saturated carbocycles. The van der Waals surface area contributed by atoms with Crippen LogP contribution >= 0.6 is 10.7 Å². The van der Waals surface area contributed by atoms with E-state index in [1.807, 2.05) is 6.20 Å². The summed E-state index contributed by atoms with van der Waals surface area (Å²) in [5.41, 5.74) is 0.931. The number of hydrogen-bond donors (Lipinski definition) is 0. The molecule has 0 aliphatic carbocycles. The number of likely N-dealkylation sites (tertiary alicyclic amines) is 1. The lowest BCUT2D eigenvalue weighted by atomic mass is 10.1. The highest BCUT2D eigenvalue weighted by Crippen LogP contribution is 2.22. The summed E-state index contributed by atoms with van der Waals surface area (Å²) in [6.07, 6.45) is 3.77. The number of aryl methyl sites for hydroxylation is 1. The standard InChI is InChI=1S/C10H14ClN3O3S/c1-13-4-9(3-12-13)6-14-5-8(2-10(14)15)7-18(11,16)17/h3-4,8H,2,5-7H2,1H3. The fraction of sp³-hybridized carbons (Fsp3) is 0.600. The molecule has 1 aliphatic rings. The Labute approximate surface area is 110 Å². The molecule has 1 aromatic rings. The Morgan fingerprint density at radius 3 is 2.83 bits per heavy atom. The third kappa shape index (κ3) is 3.46. The van der Waals surface area contributed by atoms with Crippen LogP contribution in [0.4, 0.5) is 0 Å². The molecule has 1 saturated heterocycles. The van der Waals surface area contributed by atoms with E-state index in [0.29, 0.717) is 13.1 Å². The Balaban J connectivity index is 1.97. The summed E-state index contributed by atoms with van der Waals surface area (Å²) in [5.74, 6) is -0.398. The summed E-state index contributed by atoms with van der Waals surface area (Å²) < 4.78 is 23.6. The molecule has 1 unspecified atom stereocenters. The minimum atomic E-state index is -3.55. The second kappa shape index (κ2) is 4.89. The van der Waals surface area contributed by atoms with Crippen LogP contribution in [-0.2, 0) is 27.4 Å². The summed E-state index contributed by atoms with van der Waals surface area (Å²) in [6, 6.07) is 0. The van der Waals surface area contributed by atoms with Gasteiger partial charge in [-0.3, -0.25) is 9.48 Å². The van der Waals surface area contributed by atoms with E-state index in [4.69, 9.17) is 10.7 Å². The van der Waals surface area contributed by atoms with E-state index in [1.165, 1.54) is 0 Å². The number of carbonyl (C=O) groups is 1. The molecule has 6 nitrogen and oxygen atoms in total. The molecular weight excluding hydrogens is 278 g/mol. The molecular formula is C10H14ClN3O3S. The van der Waals surface area contributed by atoms with Crippen molar-refractivity contribution in [2.75, 3.05) is 12.3 Å². The summed E-state index contributed by atoms with van der Waals surface area (Å²) in [7, 11) is 3.46. The first kappa shape index (κ1) is 13.4. The number of carbonyl (C=O) groups excluding carboxylic acids is 1. The van der Waals surface area contributed by atoms with Gasteiger partial charge in [0, 0.05) is 54.9 Å². The third-order valence-corrected chi connectivity index (χ3v) is 4.11. The second-order valence-corrected chi connectivity index (χ2v) is 7.39. The average molecular weight is 292 g/mol. The maximum absolute atomic E-state index is 11.7. The van der Waals surface area contributed by atoms with Crippen LogP contribution in [0.1, 0.15) is 12.0 Å². The maximum atomic E-state index is 11.7. The normalized spacial score (nSPS) is 20.7. The molecule has 18 heavy (non-hydrogen) atoms. The Kier molecular flexibility index (Phi) is 3.63. The Hall–Kier alpha value is -1.08. The van der Waals surface area contributed by atoms with Crippen LogP contribution in [0, 0.1) is 5.92 Å². The number of aromatic nitrogens is 2. The van der Waals surface area contributed by atoms with Crippen LogP contribution in [0.15, 0.2) is 12.4 Å². The minimum absolute atomic E-state index is 0.0378. The zero-order valence-corrected chi connectivity index (χ0v) is 11.5. The van der Waals surface area contributed by atoms with Crippen molar-refractivity contribution in [3.8, 4) is 0 Å². The van der Waals surface area contributed by atoms with Crippen LogP contribution in [0.5, 0.6) is 0 Å². The molecule has 1 atom stereocenters. The van der Waals surface area contributed by atoms with Crippen molar-refractivity contribution in [2.45, 2.75) is 13.0 Å². The number of hydrogen-bond acceptors (Lipinski definition) is 4. The van der Waals surface area contributed by atoms with Gasteiger partial charge in [-0.05, 0) is 0 Å². The van der Waals surface area contributed by atoms with Crippen molar-refractivity contribution in [3.63, 3.8) is 0 Å². The maximum Gasteiger partial charge on any atom is 0.232 e. The number of rotatable bonds is 4. The van der Waals surface area contributed by atoms with E-state index in [1.54, 1.807) is 22.8 Å². The van der Waals surface area contributed by atoms with E-state index < -0.39 is 9.05 Å². The van der Waals surface area contributed by atoms with Gasteiger partial charge in [0.2, 0.25) is 15.0 Å². The Morgan fingerprint density at radius 1 is 1.56 bits per heavy atom. The highest BCUT2D eigenvalue weighted by molar-refractivity contribution is 8.13. The minimum Gasteiger partial charge on any atom is -0.338 e. The van der Waals surface area contributed by atoms with Gasteiger partial charge in [0.15, 0.2) is 0 Å². The summed E-state index contributed by atoms with van der Waals surface area (Å²) in [4.78, 5) is 13.4. The lowest BCUT2D eigenvalue weighted by Gasteiger charge is -2.15. The quantitative estimate of drug-likeness (QED) is 0.750. The molecule has 1 aliphatic heterocycles. The predicted octanol–water partition coefficient (Wildman–Crippen LogP) is 0.337. The van der Waals surface area contributed by atoms with E-state index in [0.717, 1.165) is 5.56 Å². The van der Waals surface area contributed by atoms with Gasteiger partial charge >= 0.3 is 0 Å². The van der Waals surface area contributed by atoms with Crippen molar-refractivity contribution < 1.29 is 13.2 Å². The summed E-state index contributed by atoms with van der Waals surface area (Å²) in [5, 5.41) is 4.02. The molecule has 0 radical (unpaired) electrons. The van der Waals surface area contributed by atoms with Gasteiger partial charge < -0.3 is 4.90 Å². The van der Waals surface area contributed by atoms with Gasteiger partial charge in [0.25, 0.3) is 0 Å². The largest absolute Gasteiger partial charge is 0.338 e. The van der Waals surface area contributed by atoms with Crippen molar-refractivity contribution in [3.05, 3.63) is 18.0 Å². The predicted molar refractivity (Wildman–Crippen MR) is 66.4 cm³/mol. The van der Waals surface area contributed by atoms with Crippen LogP contribution < -0.4 is 0 Å². The molecule has 0 N–H and O–H groups in total. The van der Waals surface area contributed by atoms with Crippen molar-refractivity contribution >= 4 is 25.6 Å². The molecule has 0 bridgehead atoms. The molecule has 2 heterocycles. The molecule has 0 spiro atoms. The van der Waals surface area contributed by atoms with Gasteiger partial charge in [0.1, 0.15) is 0 Å². The molecule has 2 rings (SSSR count). The van der Waals surface area contributed by atoms with E-state index >= 15 is 0 Å². The monoisotopic (exact) mass is 291 g/mol. The second-order valence-electron chi connectivity index (χ2n) is 4.57. The lowest BCUT2D eigenvalue weighted by molar-refractivity contribution is -0.128. The van der Waals surface area contributed by atoms with Gasteiger partial charge in [0.05, 0.1) is 11.9 Å². The molecule has 100 valence electrons. The SMILES string of the molecule is Cn1cc(CN2CC(CS(=O)(=O)Cl)CC2=O)cn1. The highest BCUT2D eigenvalue weighted by atomic mass is 35.7. The van der Waals surface area contributed by atoms with E-state index in [9.17, 15) is 13.2 Å². The van der Waals surface area contributed by atoms with Crippen LogP contribution in [0.25, 0.3) is 0 Å². The number of nitrogens with zero attached hydrogens (tertiary/aromatic N) is 3. The smallest absolute Gasteiger partial charge is 0.232 e. The Morgan fingerprint density at radius 2 is 2.28 bits per heavy atom. The van der Waals surface area contributed by atoms with Crippen LogP contribution in [0.2, 0.25) is 0 Å². The first-order valence-corrected chi connectivity index (χ1v) is 7.99. The molecule has 0 aromatic carbocycles. The highest BCUT2D eigenvalue weighted by Gasteiger charge is 2.32. The van der Waals surface area contributed by atoms with E-state index in [2.05, 4.69) is 5.10 Å². The first-order valence-electron chi connectivity index (χ1n) is 5.51. The molecule has 8 heteroatoms. The molecule has 1 fully saturated rings. The molecule has 1 aromatic heterocycles. The average Bonchev–Trinajstić information content (AvgIpc) is 2.73. The fourth-order valence-corrected chi connectivity index (χ4v) is 3.49. The number of halogens is 1. The van der Waals surface area contributed by atoms with Crippen LogP contribution in [0.3, 0.4) is 0 Å². The van der Waals surface area contributed by atoms with Gasteiger partial charge in [-0.25, -0.2) is 8.42 Å². The van der Waals surface area contributed by atoms with Crippen LogP contribution in [-0.4, -0.2) is 41.3 Å². The lowest BCUT2D eigenvalue weighted by Crippen LogP contribution is -2.25. The summed E-state index contributed by atoms with van der Waals surface area (Å²) >= 11 is 0.